The number of carbonyl (C=O) groups is 1. The molecule has 5 rings (SSSR count). The van der Waals surface area contributed by atoms with Crippen molar-refractivity contribution < 1.29 is 13.7 Å². The number of carbonyl (C=O) groups excluding carboxylic acids is 1. The summed E-state index contributed by atoms with van der Waals surface area (Å²) in [6.07, 6.45) is 7.94. The summed E-state index contributed by atoms with van der Waals surface area (Å²) >= 11 is 0. The quantitative estimate of drug-likeness (QED) is 0.455. The molecule has 8 nitrogen and oxygen atoms in total. The molecule has 0 aliphatic carbocycles. The number of piperidine rings is 1. The number of rotatable bonds is 6. The first-order valence-corrected chi connectivity index (χ1v) is 11.0. The summed E-state index contributed by atoms with van der Waals surface area (Å²) in [4.78, 5) is 19.4. The Morgan fingerprint density at radius 2 is 2.09 bits per heavy atom. The molecule has 1 saturated heterocycles. The summed E-state index contributed by atoms with van der Waals surface area (Å²) in [5, 5.41) is 8.31. The van der Waals surface area contributed by atoms with Crippen molar-refractivity contribution >= 4 is 5.91 Å². The fourth-order valence-corrected chi connectivity index (χ4v) is 4.09. The predicted molar refractivity (Wildman–Crippen MR) is 117 cm³/mol. The summed E-state index contributed by atoms with van der Waals surface area (Å²) in [5.74, 6) is 1.68. The Hall–Kier alpha value is -3.68. The van der Waals surface area contributed by atoms with Crippen LogP contribution in [0.5, 0.6) is 0 Å². The Morgan fingerprint density at radius 3 is 2.91 bits per heavy atom. The molecule has 3 aromatic heterocycles. The highest BCUT2D eigenvalue weighted by atomic mass is 16.5. The van der Waals surface area contributed by atoms with Crippen molar-refractivity contribution in [2.45, 2.75) is 38.6 Å². The maximum atomic E-state index is 13.0. The standard InChI is InChI=1S/C24H25N5O3/c1-2-29-16-19(13-26-29)21-12-22(32-27-21)24(30)28-10-6-9-18(15-28)23-25-14-20(31-23)11-17-7-4-3-5-8-17/h3-5,7-8,12-14,16,18H,2,6,9-11,15H2,1H3/t18-/m1/s1. The number of hydrogen-bond acceptors (Lipinski definition) is 6. The van der Waals surface area contributed by atoms with Crippen LogP contribution >= 0.6 is 0 Å². The lowest BCUT2D eigenvalue weighted by atomic mass is 9.98. The average molecular weight is 431 g/mol. The van der Waals surface area contributed by atoms with Crippen molar-refractivity contribution in [1.82, 2.24) is 24.8 Å². The molecule has 1 fully saturated rings. The second-order valence-corrected chi connectivity index (χ2v) is 8.08. The summed E-state index contributed by atoms with van der Waals surface area (Å²) in [5.41, 5.74) is 2.62. The first kappa shape index (κ1) is 20.2. The fraction of sp³-hybridized carbons (Fsp3) is 0.333. The molecule has 0 N–H and O–H groups in total. The Bertz CT molecular complexity index is 1190. The topological polar surface area (TPSA) is 90.2 Å². The van der Waals surface area contributed by atoms with E-state index in [4.69, 9.17) is 8.94 Å². The van der Waals surface area contributed by atoms with E-state index in [9.17, 15) is 4.79 Å². The molecule has 0 spiro atoms. The number of aromatic nitrogens is 4. The maximum Gasteiger partial charge on any atom is 0.292 e. The van der Waals surface area contributed by atoms with Gasteiger partial charge in [-0.1, -0.05) is 35.5 Å². The third-order valence-corrected chi connectivity index (χ3v) is 5.82. The van der Waals surface area contributed by atoms with Crippen LogP contribution in [0.25, 0.3) is 11.3 Å². The minimum absolute atomic E-state index is 0.0717. The summed E-state index contributed by atoms with van der Waals surface area (Å²) < 4.78 is 13.2. The SMILES string of the molecule is CCn1cc(-c2cc(C(=O)N3CCC[C@@H](c4ncc(Cc5ccccc5)o4)C3)on2)cn1. The van der Waals surface area contributed by atoms with Gasteiger partial charge in [-0.3, -0.25) is 9.48 Å². The predicted octanol–water partition coefficient (Wildman–Crippen LogP) is 4.16. The van der Waals surface area contributed by atoms with Gasteiger partial charge in [-0.05, 0) is 25.3 Å². The highest BCUT2D eigenvalue weighted by Crippen LogP contribution is 2.29. The minimum atomic E-state index is -0.160. The van der Waals surface area contributed by atoms with Crippen LogP contribution in [-0.4, -0.2) is 43.8 Å². The van der Waals surface area contributed by atoms with Crippen molar-refractivity contribution in [3.63, 3.8) is 0 Å². The molecular formula is C24H25N5O3. The van der Waals surface area contributed by atoms with Gasteiger partial charge in [0, 0.05) is 43.9 Å². The van der Waals surface area contributed by atoms with Crippen molar-refractivity contribution in [2.75, 3.05) is 13.1 Å². The lowest BCUT2D eigenvalue weighted by molar-refractivity contribution is 0.0656. The molecule has 1 aliphatic rings. The van der Waals surface area contributed by atoms with E-state index in [-0.39, 0.29) is 17.6 Å². The molecule has 1 aromatic carbocycles. The summed E-state index contributed by atoms with van der Waals surface area (Å²) in [6.45, 7) is 4.01. The van der Waals surface area contributed by atoms with Gasteiger partial charge >= 0.3 is 0 Å². The smallest absolute Gasteiger partial charge is 0.292 e. The fourth-order valence-electron chi connectivity index (χ4n) is 4.09. The van der Waals surface area contributed by atoms with Gasteiger partial charge in [-0.15, -0.1) is 0 Å². The van der Waals surface area contributed by atoms with Crippen LogP contribution in [0.2, 0.25) is 0 Å². The molecule has 0 unspecified atom stereocenters. The van der Waals surface area contributed by atoms with E-state index in [1.165, 1.54) is 5.56 Å². The second-order valence-electron chi connectivity index (χ2n) is 8.08. The van der Waals surface area contributed by atoms with E-state index in [2.05, 4.69) is 27.4 Å². The van der Waals surface area contributed by atoms with Crippen LogP contribution in [0.15, 0.2) is 63.9 Å². The molecule has 4 heterocycles. The van der Waals surface area contributed by atoms with Crippen molar-refractivity contribution in [3.8, 4) is 11.3 Å². The Kier molecular flexibility index (Phi) is 5.58. The van der Waals surface area contributed by atoms with Crippen LogP contribution in [0.3, 0.4) is 0 Å². The van der Waals surface area contributed by atoms with Crippen LogP contribution < -0.4 is 0 Å². The van der Waals surface area contributed by atoms with E-state index >= 15 is 0 Å². The normalized spacial score (nSPS) is 16.4. The lowest BCUT2D eigenvalue weighted by Crippen LogP contribution is -2.39. The minimum Gasteiger partial charge on any atom is -0.445 e. The molecule has 164 valence electrons. The van der Waals surface area contributed by atoms with Crippen LogP contribution in [0.4, 0.5) is 0 Å². The number of hydrogen-bond donors (Lipinski definition) is 0. The molecule has 0 radical (unpaired) electrons. The van der Waals surface area contributed by atoms with Gasteiger partial charge in [0.15, 0.2) is 5.89 Å². The van der Waals surface area contributed by atoms with Gasteiger partial charge in [0.05, 0.1) is 18.3 Å². The zero-order valence-corrected chi connectivity index (χ0v) is 18.0. The lowest BCUT2D eigenvalue weighted by Gasteiger charge is -2.30. The van der Waals surface area contributed by atoms with Gasteiger partial charge in [0.25, 0.3) is 5.91 Å². The molecule has 1 atom stereocenters. The monoisotopic (exact) mass is 431 g/mol. The Morgan fingerprint density at radius 1 is 1.22 bits per heavy atom. The second kappa shape index (κ2) is 8.82. The Balaban J connectivity index is 1.25. The van der Waals surface area contributed by atoms with E-state index in [0.29, 0.717) is 31.1 Å². The summed E-state index contributed by atoms with van der Waals surface area (Å²) in [7, 11) is 0. The zero-order chi connectivity index (χ0) is 21.9. The molecular weight excluding hydrogens is 406 g/mol. The Labute approximate surface area is 185 Å². The highest BCUT2D eigenvalue weighted by molar-refractivity contribution is 5.92. The van der Waals surface area contributed by atoms with Gasteiger partial charge in [-0.25, -0.2) is 4.98 Å². The number of nitrogens with zero attached hydrogens (tertiary/aromatic N) is 5. The van der Waals surface area contributed by atoms with E-state index in [1.54, 1.807) is 23.4 Å². The zero-order valence-electron chi connectivity index (χ0n) is 18.0. The molecule has 1 amide bonds. The number of aryl methyl sites for hydroxylation is 1. The number of amides is 1. The van der Waals surface area contributed by atoms with Crippen LogP contribution in [0, 0.1) is 0 Å². The number of benzene rings is 1. The first-order valence-electron chi connectivity index (χ1n) is 11.0. The van der Waals surface area contributed by atoms with Gasteiger partial charge in [-0.2, -0.15) is 5.10 Å². The van der Waals surface area contributed by atoms with Crippen LogP contribution in [-0.2, 0) is 13.0 Å². The first-order chi connectivity index (χ1) is 15.7. The molecule has 4 aromatic rings. The molecule has 0 saturated carbocycles. The van der Waals surface area contributed by atoms with Gasteiger partial charge in [0.2, 0.25) is 5.76 Å². The van der Waals surface area contributed by atoms with E-state index in [1.807, 2.05) is 36.0 Å². The van der Waals surface area contributed by atoms with E-state index in [0.717, 1.165) is 30.7 Å². The maximum absolute atomic E-state index is 13.0. The summed E-state index contributed by atoms with van der Waals surface area (Å²) in [6, 6.07) is 11.9. The average Bonchev–Trinajstić information content (AvgIpc) is 3.59. The third kappa shape index (κ3) is 4.21. The largest absolute Gasteiger partial charge is 0.445 e. The molecule has 32 heavy (non-hydrogen) atoms. The number of likely N-dealkylation sites (tertiary alicyclic amines) is 1. The molecule has 0 bridgehead atoms. The van der Waals surface area contributed by atoms with Crippen molar-refractivity contribution in [3.05, 3.63) is 78.0 Å². The molecule has 8 heteroatoms. The van der Waals surface area contributed by atoms with Gasteiger partial charge < -0.3 is 13.8 Å². The van der Waals surface area contributed by atoms with Crippen molar-refractivity contribution in [1.29, 1.82) is 0 Å². The third-order valence-electron chi connectivity index (χ3n) is 5.82. The van der Waals surface area contributed by atoms with Crippen LogP contribution in [0.1, 0.15) is 53.5 Å². The van der Waals surface area contributed by atoms with E-state index < -0.39 is 0 Å². The van der Waals surface area contributed by atoms with Crippen molar-refractivity contribution in [2.24, 2.45) is 0 Å². The van der Waals surface area contributed by atoms with Gasteiger partial charge in [0.1, 0.15) is 11.5 Å². The molecule has 1 aliphatic heterocycles. The number of oxazole rings is 1. The highest BCUT2D eigenvalue weighted by Gasteiger charge is 2.30.